The van der Waals surface area contributed by atoms with E-state index in [0.717, 1.165) is 11.4 Å². The van der Waals surface area contributed by atoms with Gasteiger partial charge in [0.25, 0.3) is 10.0 Å². The summed E-state index contributed by atoms with van der Waals surface area (Å²) in [5.41, 5.74) is 2.75. The summed E-state index contributed by atoms with van der Waals surface area (Å²) in [7, 11) is -1.88. The van der Waals surface area contributed by atoms with Gasteiger partial charge in [0.15, 0.2) is 0 Å². The molecule has 0 aliphatic carbocycles. The Hall–Kier alpha value is -3.32. The van der Waals surface area contributed by atoms with E-state index < -0.39 is 10.0 Å². The van der Waals surface area contributed by atoms with E-state index in [-0.39, 0.29) is 4.90 Å². The molecule has 7 heteroatoms. The first-order valence-electron chi connectivity index (χ1n) is 8.39. The van der Waals surface area contributed by atoms with Gasteiger partial charge in [-0.15, -0.1) is 0 Å². The number of pyridine rings is 1. The number of hydrogen-bond acceptors (Lipinski definition) is 4. The summed E-state index contributed by atoms with van der Waals surface area (Å²) in [4.78, 5) is 9.16. The Balaban J connectivity index is 1.73. The smallest absolute Gasteiger partial charge is 0.264 e. The molecule has 2 aromatic heterocycles. The molecule has 27 heavy (non-hydrogen) atoms. The highest BCUT2D eigenvalue weighted by Crippen LogP contribution is 2.32. The lowest BCUT2D eigenvalue weighted by atomic mass is 10.2. The van der Waals surface area contributed by atoms with E-state index >= 15 is 0 Å². The highest BCUT2D eigenvalue weighted by atomic mass is 32.2. The molecule has 0 bridgehead atoms. The normalized spacial score (nSPS) is 11.4. The lowest BCUT2D eigenvalue weighted by Crippen LogP contribution is -2.17. The maximum atomic E-state index is 13.0. The van der Waals surface area contributed by atoms with Crippen LogP contribution in [0.5, 0.6) is 0 Å². The molecule has 2 heterocycles. The van der Waals surface area contributed by atoms with Crippen LogP contribution >= 0.6 is 0 Å². The lowest BCUT2D eigenvalue weighted by molar-refractivity contribution is 0.602. The molecule has 2 N–H and O–H groups in total. The maximum absolute atomic E-state index is 13.0. The number of nitrogens with one attached hydrogen (secondary N) is 2. The summed E-state index contributed by atoms with van der Waals surface area (Å²) in [6.07, 6.45) is 3.08. The largest absolute Gasteiger partial charge is 0.345 e. The first-order chi connectivity index (χ1) is 13.1. The molecule has 0 atom stereocenters. The van der Waals surface area contributed by atoms with Crippen molar-refractivity contribution in [2.45, 2.75) is 4.90 Å². The van der Waals surface area contributed by atoms with Crippen molar-refractivity contribution in [3.05, 3.63) is 79.1 Å². The molecule has 0 unspecified atom stereocenters. The summed E-state index contributed by atoms with van der Waals surface area (Å²) >= 11 is 0. The van der Waals surface area contributed by atoms with E-state index in [2.05, 4.69) is 14.7 Å². The number of rotatable bonds is 5. The van der Waals surface area contributed by atoms with Crippen LogP contribution in [-0.4, -0.2) is 25.4 Å². The van der Waals surface area contributed by atoms with Gasteiger partial charge >= 0.3 is 0 Å². The van der Waals surface area contributed by atoms with E-state index in [0.29, 0.717) is 16.7 Å². The molecule has 0 saturated heterocycles. The SMILES string of the molecule is CN(c1ccccc1)c1ccccc1NS(=O)(=O)c1c[nH]c2ncccc12. The topological polar surface area (TPSA) is 78.1 Å². The summed E-state index contributed by atoms with van der Waals surface area (Å²) in [5, 5.41) is 0.555. The number of sulfonamides is 1. The van der Waals surface area contributed by atoms with Gasteiger partial charge in [-0.05, 0) is 36.4 Å². The van der Waals surface area contributed by atoms with Crippen LogP contribution in [-0.2, 0) is 10.0 Å². The minimum atomic E-state index is -3.78. The van der Waals surface area contributed by atoms with Gasteiger partial charge in [-0.2, -0.15) is 0 Å². The number of nitrogens with zero attached hydrogens (tertiary/aromatic N) is 2. The number of aromatic amines is 1. The lowest BCUT2D eigenvalue weighted by Gasteiger charge is -2.23. The number of hydrogen-bond donors (Lipinski definition) is 2. The van der Waals surface area contributed by atoms with Gasteiger partial charge in [-0.1, -0.05) is 30.3 Å². The van der Waals surface area contributed by atoms with Crippen LogP contribution in [0.3, 0.4) is 0 Å². The van der Waals surface area contributed by atoms with Crippen LogP contribution in [0.15, 0.2) is 84.0 Å². The molecule has 4 aromatic rings. The van der Waals surface area contributed by atoms with Crippen molar-refractivity contribution < 1.29 is 8.42 Å². The molecule has 0 aliphatic rings. The average molecular weight is 378 g/mol. The zero-order chi connectivity index (χ0) is 18.9. The third-order valence-corrected chi connectivity index (χ3v) is 5.76. The quantitative estimate of drug-likeness (QED) is 0.547. The number of para-hydroxylation sites is 3. The first-order valence-corrected chi connectivity index (χ1v) is 9.87. The molecule has 0 amide bonds. The number of benzene rings is 2. The van der Waals surface area contributed by atoms with E-state index in [1.165, 1.54) is 6.20 Å². The summed E-state index contributed by atoms with van der Waals surface area (Å²) in [6.45, 7) is 0. The van der Waals surface area contributed by atoms with Crippen molar-refractivity contribution in [2.75, 3.05) is 16.7 Å². The Kier molecular flexibility index (Phi) is 4.29. The number of fused-ring (bicyclic) bond motifs is 1. The zero-order valence-corrected chi connectivity index (χ0v) is 15.4. The highest BCUT2D eigenvalue weighted by Gasteiger charge is 2.21. The Morgan fingerprint density at radius 2 is 1.70 bits per heavy atom. The van der Waals surface area contributed by atoms with Gasteiger partial charge < -0.3 is 9.88 Å². The predicted molar refractivity (Wildman–Crippen MR) is 108 cm³/mol. The minimum absolute atomic E-state index is 0.169. The first kappa shape index (κ1) is 17.1. The Bertz CT molecular complexity index is 1190. The number of anilines is 3. The summed E-state index contributed by atoms with van der Waals surface area (Å²) in [5.74, 6) is 0. The molecule has 0 aliphatic heterocycles. The van der Waals surface area contributed by atoms with Crippen LogP contribution in [0.25, 0.3) is 11.0 Å². The molecule has 2 aromatic carbocycles. The van der Waals surface area contributed by atoms with Crippen molar-refractivity contribution >= 4 is 38.1 Å². The Morgan fingerprint density at radius 3 is 2.52 bits per heavy atom. The fraction of sp³-hybridized carbons (Fsp3) is 0.0500. The predicted octanol–water partition coefficient (Wildman–Crippen LogP) is 4.13. The van der Waals surface area contributed by atoms with Crippen molar-refractivity contribution in [3.63, 3.8) is 0 Å². The van der Waals surface area contributed by atoms with Crippen LogP contribution in [0, 0.1) is 0 Å². The zero-order valence-electron chi connectivity index (χ0n) is 14.6. The van der Waals surface area contributed by atoms with Crippen LogP contribution < -0.4 is 9.62 Å². The molecule has 0 saturated carbocycles. The molecule has 0 fully saturated rings. The van der Waals surface area contributed by atoms with E-state index in [9.17, 15) is 8.42 Å². The molecular formula is C20H18N4O2S. The summed E-state index contributed by atoms with van der Waals surface area (Å²) < 4.78 is 28.7. The van der Waals surface area contributed by atoms with Crippen molar-refractivity contribution in [2.24, 2.45) is 0 Å². The second kappa shape index (κ2) is 6.77. The summed E-state index contributed by atoms with van der Waals surface area (Å²) in [6, 6.07) is 20.5. The van der Waals surface area contributed by atoms with E-state index in [1.54, 1.807) is 30.5 Å². The second-order valence-corrected chi connectivity index (χ2v) is 7.72. The average Bonchev–Trinajstić information content (AvgIpc) is 3.13. The van der Waals surface area contributed by atoms with Gasteiger partial charge in [-0.25, -0.2) is 13.4 Å². The molecule has 136 valence electrons. The van der Waals surface area contributed by atoms with Gasteiger partial charge in [0.05, 0.1) is 11.4 Å². The number of aromatic nitrogens is 2. The third-order valence-electron chi connectivity index (χ3n) is 4.36. The van der Waals surface area contributed by atoms with Crippen molar-refractivity contribution in [3.8, 4) is 0 Å². The van der Waals surface area contributed by atoms with Crippen LogP contribution in [0.4, 0.5) is 17.1 Å². The van der Waals surface area contributed by atoms with Gasteiger partial charge in [0.1, 0.15) is 10.5 Å². The second-order valence-electron chi connectivity index (χ2n) is 6.07. The Morgan fingerprint density at radius 1 is 0.963 bits per heavy atom. The van der Waals surface area contributed by atoms with Crippen molar-refractivity contribution in [1.29, 1.82) is 0 Å². The van der Waals surface area contributed by atoms with Crippen molar-refractivity contribution in [1.82, 2.24) is 9.97 Å². The van der Waals surface area contributed by atoms with Gasteiger partial charge in [0.2, 0.25) is 0 Å². The fourth-order valence-electron chi connectivity index (χ4n) is 3.00. The van der Waals surface area contributed by atoms with Gasteiger partial charge in [-0.3, -0.25) is 4.72 Å². The molecular weight excluding hydrogens is 360 g/mol. The molecule has 4 rings (SSSR count). The fourth-order valence-corrected chi connectivity index (χ4v) is 4.24. The van der Waals surface area contributed by atoms with Crippen LogP contribution in [0.1, 0.15) is 0 Å². The number of H-pyrrole nitrogens is 1. The van der Waals surface area contributed by atoms with Crippen LogP contribution in [0.2, 0.25) is 0 Å². The van der Waals surface area contributed by atoms with Gasteiger partial charge in [0, 0.05) is 30.5 Å². The highest BCUT2D eigenvalue weighted by molar-refractivity contribution is 7.93. The molecule has 6 nitrogen and oxygen atoms in total. The standard InChI is InChI=1S/C20H18N4O2S/c1-24(15-8-3-2-4-9-15)18-12-6-5-11-17(18)23-27(25,26)19-14-22-20-16(19)10-7-13-21-20/h2-14,23H,1H3,(H,21,22). The molecule has 0 spiro atoms. The maximum Gasteiger partial charge on any atom is 0.264 e. The Labute approximate surface area is 157 Å². The monoisotopic (exact) mass is 378 g/mol. The van der Waals surface area contributed by atoms with E-state index in [1.807, 2.05) is 54.4 Å². The van der Waals surface area contributed by atoms with E-state index in [4.69, 9.17) is 0 Å². The third kappa shape index (κ3) is 3.24. The minimum Gasteiger partial charge on any atom is -0.345 e. The molecule has 0 radical (unpaired) electrons.